The Hall–Kier alpha value is -4.24. The van der Waals surface area contributed by atoms with E-state index in [0.29, 0.717) is 27.9 Å². The summed E-state index contributed by atoms with van der Waals surface area (Å²) in [5, 5.41) is 14.4. The van der Waals surface area contributed by atoms with Gasteiger partial charge < -0.3 is 14.8 Å². The Morgan fingerprint density at radius 1 is 1.09 bits per heavy atom. The predicted octanol–water partition coefficient (Wildman–Crippen LogP) is 5.06. The summed E-state index contributed by atoms with van der Waals surface area (Å²) in [6, 6.07) is 17.6. The van der Waals surface area contributed by atoms with E-state index < -0.39 is 4.92 Å². The van der Waals surface area contributed by atoms with Crippen LogP contribution in [0.25, 0.3) is 6.08 Å². The van der Waals surface area contributed by atoms with Crippen molar-refractivity contribution in [1.82, 2.24) is 5.32 Å². The molecule has 3 aromatic carbocycles. The number of ether oxygens (including phenoxy) is 2. The highest BCUT2D eigenvalue weighted by Crippen LogP contribution is 2.28. The second-order valence-corrected chi connectivity index (χ2v) is 8.37. The van der Waals surface area contributed by atoms with Crippen molar-refractivity contribution in [3.63, 3.8) is 0 Å². The van der Waals surface area contributed by atoms with Crippen LogP contribution in [0.2, 0.25) is 0 Å². The van der Waals surface area contributed by atoms with Gasteiger partial charge in [0.25, 0.3) is 11.6 Å². The topological polar surface area (TPSA) is 93.9 Å². The number of hydrogen-bond acceptors (Lipinski definition) is 6. The molecule has 3 aromatic rings. The molecule has 1 saturated heterocycles. The van der Waals surface area contributed by atoms with Crippen LogP contribution >= 0.6 is 12.2 Å². The summed E-state index contributed by atoms with van der Waals surface area (Å²) in [5.74, 6) is 0.888. The standard InChI is InChI=1S/C26H23N3O5S/c1-16-6-4-5-7-22(16)28-25(30)21(27-26(28)35)14-18-8-11-24(33-3)19(13-18)15-34-20-9-10-23(29(31)32)17(2)12-20/h4-14H,15H2,1-3H3,(H,27,35)/b21-14+. The second-order valence-electron chi connectivity index (χ2n) is 7.98. The number of carbonyl (C=O) groups is 1. The number of hydrogen-bond donors (Lipinski definition) is 1. The molecule has 0 radical (unpaired) electrons. The molecular weight excluding hydrogens is 466 g/mol. The van der Waals surface area contributed by atoms with Crippen molar-refractivity contribution in [2.45, 2.75) is 20.5 Å². The maximum atomic E-state index is 13.1. The third kappa shape index (κ3) is 4.99. The summed E-state index contributed by atoms with van der Waals surface area (Å²) in [4.78, 5) is 25.2. The van der Waals surface area contributed by atoms with E-state index >= 15 is 0 Å². The number of para-hydroxylation sites is 1. The zero-order valence-electron chi connectivity index (χ0n) is 19.4. The molecule has 1 amide bonds. The molecule has 0 unspecified atom stereocenters. The SMILES string of the molecule is COc1ccc(/C=C2/NC(=S)N(c3ccccc3C)C2=O)cc1COc1ccc([N+](=O)[O-])c(C)c1. The van der Waals surface area contributed by atoms with Crippen molar-refractivity contribution in [2.24, 2.45) is 0 Å². The Morgan fingerprint density at radius 2 is 1.86 bits per heavy atom. The number of nitro benzene ring substituents is 1. The molecular formula is C26H23N3O5S. The van der Waals surface area contributed by atoms with Crippen molar-refractivity contribution in [3.05, 3.63) is 98.7 Å². The minimum atomic E-state index is -0.427. The Labute approximate surface area is 207 Å². The largest absolute Gasteiger partial charge is 0.496 e. The van der Waals surface area contributed by atoms with Crippen molar-refractivity contribution >= 4 is 40.7 Å². The van der Waals surface area contributed by atoms with E-state index in [1.165, 1.54) is 11.0 Å². The predicted molar refractivity (Wildman–Crippen MR) is 138 cm³/mol. The normalized spacial score (nSPS) is 14.3. The fraction of sp³-hybridized carbons (Fsp3) is 0.154. The molecule has 4 rings (SSSR count). The molecule has 178 valence electrons. The highest BCUT2D eigenvalue weighted by molar-refractivity contribution is 7.80. The van der Waals surface area contributed by atoms with Crippen LogP contribution in [0.5, 0.6) is 11.5 Å². The van der Waals surface area contributed by atoms with Crippen molar-refractivity contribution < 1.29 is 19.2 Å². The van der Waals surface area contributed by atoms with Gasteiger partial charge in [-0.1, -0.05) is 24.3 Å². The number of nitrogens with zero attached hydrogens (tertiary/aromatic N) is 2. The summed E-state index contributed by atoms with van der Waals surface area (Å²) < 4.78 is 11.3. The first-order valence-corrected chi connectivity index (χ1v) is 11.2. The fourth-order valence-electron chi connectivity index (χ4n) is 3.82. The van der Waals surface area contributed by atoms with Crippen LogP contribution in [0.4, 0.5) is 11.4 Å². The molecule has 1 aliphatic heterocycles. The van der Waals surface area contributed by atoms with Gasteiger partial charge in [-0.05, 0) is 73.6 Å². The summed E-state index contributed by atoms with van der Waals surface area (Å²) in [6.45, 7) is 3.76. The second kappa shape index (κ2) is 9.94. The van der Waals surface area contributed by atoms with E-state index in [1.807, 2.05) is 43.3 Å². The number of amides is 1. The Morgan fingerprint density at radius 3 is 2.54 bits per heavy atom. The molecule has 0 bridgehead atoms. The smallest absolute Gasteiger partial charge is 0.281 e. The zero-order valence-corrected chi connectivity index (χ0v) is 20.2. The Kier molecular flexibility index (Phi) is 6.79. The van der Waals surface area contributed by atoms with E-state index in [1.54, 1.807) is 38.3 Å². The van der Waals surface area contributed by atoms with Gasteiger partial charge in [0.05, 0.1) is 17.7 Å². The number of anilines is 1. The number of thiocarbonyl (C=S) groups is 1. The Balaban J connectivity index is 1.56. The van der Waals surface area contributed by atoms with E-state index in [2.05, 4.69) is 5.32 Å². The molecule has 1 heterocycles. The van der Waals surface area contributed by atoms with Gasteiger partial charge in [0.15, 0.2) is 5.11 Å². The maximum Gasteiger partial charge on any atom is 0.281 e. The molecule has 0 atom stereocenters. The van der Waals surface area contributed by atoms with E-state index in [9.17, 15) is 14.9 Å². The molecule has 1 fully saturated rings. The van der Waals surface area contributed by atoms with E-state index in [-0.39, 0.29) is 18.2 Å². The number of methoxy groups -OCH3 is 1. The van der Waals surface area contributed by atoms with Crippen molar-refractivity contribution in [2.75, 3.05) is 12.0 Å². The number of nitrogens with one attached hydrogen (secondary N) is 1. The van der Waals surface area contributed by atoms with Crippen LogP contribution in [-0.4, -0.2) is 23.1 Å². The van der Waals surface area contributed by atoms with Gasteiger partial charge in [0.2, 0.25) is 0 Å². The number of nitro groups is 1. The molecule has 1 N–H and O–H groups in total. The molecule has 0 aromatic heterocycles. The van der Waals surface area contributed by atoms with Gasteiger partial charge in [-0.2, -0.15) is 0 Å². The molecule has 8 nitrogen and oxygen atoms in total. The maximum absolute atomic E-state index is 13.1. The number of rotatable bonds is 7. The lowest BCUT2D eigenvalue weighted by atomic mass is 10.1. The van der Waals surface area contributed by atoms with Crippen LogP contribution in [0, 0.1) is 24.0 Å². The lowest BCUT2D eigenvalue weighted by Crippen LogP contribution is -2.30. The summed E-state index contributed by atoms with van der Waals surface area (Å²) in [6.07, 6.45) is 1.73. The monoisotopic (exact) mass is 489 g/mol. The lowest BCUT2D eigenvalue weighted by Gasteiger charge is -2.16. The summed E-state index contributed by atoms with van der Waals surface area (Å²) in [5.41, 5.74) is 4.10. The highest BCUT2D eigenvalue weighted by atomic mass is 32.1. The van der Waals surface area contributed by atoms with Gasteiger partial charge in [0, 0.05) is 17.2 Å². The number of carbonyl (C=O) groups excluding carboxylic acids is 1. The number of aryl methyl sites for hydroxylation is 2. The average Bonchev–Trinajstić information content (AvgIpc) is 3.10. The summed E-state index contributed by atoms with van der Waals surface area (Å²) >= 11 is 5.42. The minimum absolute atomic E-state index is 0.0370. The van der Waals surface area contributed by atoms with Gasteiger partial charge in [-0.15, -0.1) is 0 Å². The first-order chi connectivity index (χ1) is 16.8. The number of benzene rings is 3. The van der Waals surface area contributed by atoms with Gasteiger partial charge in [0.1, 0.15) is 23.8 Å². The summed E-state index contributed by atoms with van der Waals surface area (Å²) in [7, 11) is 1.56. The highest BCUT2D eigenvalue weighted by Gasteiger charge is 2.32. The van der Waals surface area contributed by atoms with Crippen LogP contribution in [0.3, 0.4) is 0 Å². The van der Waals surface area contributed by atoms with Crippen LogP contribution in [0.15, 0.2) is 66.4 Å². The van der Waals surface area contributed by atoms with Gasteiger partial charge in [-0.3, -0.25) is 19.8 Å². The average molecular weight is 490 g/mol. The minimum Gasteiger partial charge on any atom is -0.496 e. The van der Waals surface area contributed by atoms with E-state index in [4.69, 9.17) is 21.7 Å². The third-order valence-electron chi connectivity index (χ3n) is 5.61. The van der Waals surface area contributed by atoms with Crippen molar-refractivity contribution in [3.8, 4) is 11.5 Å². The molecule has 1 aliphatic rings. The molecule has 9 heteroatoms. The first kappa shape index (κ1) is 23.9. The van der Waals surface area contributed by atoms with Gasteiger partial charge >= 0.3 is 0 Å². The van der Waals surface area contributed by atoms with Crippen molar-refractivity contribution in [1.29, 1.82) is 0 Å². The van der Waals surface area contributed by atoms with Crippen LogP contribution in [-0.2, 0) is 11.4 Å². The van der Waals surface area contributed by atoms with Crippen LogP contribution < -0.4 is 19.7 Å². The zero-order chi connectivity index (χ0) is 25.1. The van der Waals surface area contributed by atoms with E-state index in [0.717, 1.165) is 22.4 Å². The van der Waals surface area contributed by atoms with Crippen LogP contribution in [0.1, 0.15) is 22.3 Å². The van der Waals surface area contributed by atoms with Gasteiger partial charge in [-0.25, -0.2) is 0 Å². The molecule has 0 aliphatic carbocycles. The fourth-order valence-corrected chi connectivity index (χ4v) is 4.11. The third-order valence-corrected chi connectivity index (χ3v) is 5.89. The lowest BCUT2D eigenvalue weighted by molar-refractivity contribution is -0.385. The Bertz CT molecular complexity index is 1370. The molecule has 0 spiro atoms. The first-order valence-electron chi connectivity index (χ1n) is 10.8. The molecule has 0 saturated carbocycles. The molecule has 35 heavy (non-hydrogen) atoms. The quantitative estimate of drug-likeness (QED) is 0.215.